The highest BCUT2D eigenvalue weighted by Crippen LogP contribution is 2.33. The zero-order valence-corrected chi connectivity index (χ0v) is 12.1. The fraction of sp³-hybridized carbons (Fsp3) is 0.200. The second-order valence-corrected chi connectivity index (χ2v) is 5.46. The molecule has 1 unspecified atom stereocenters. The maximum atomic E-state index is 13.0. The van der Waals surface area contributed by atoms with E-state index in [1.165, 1.54) is 18.2 Å². The average molecular weight is 336 g/mol. The van der Waals surface area contributed by atoms with Crippen LogP contribution in [-0.2, 0) is 11.2 Å². The van der Waals surface area contributed by atoms with Gasteiger partial charge in [-0.1, -0.05) is 6.07 Å². The topological polar surface area (TPSA) is 39.2 Å². The number of esters is 1. The Morgan fingerprint density at radius 1 is 1.40 bits per heavy atom. The molecule has 0 radical (unpaired) electrons. The second kappa shape index (κ2) is 5.32. The highest BCUT2D eigenvalue weighted by molar-refractivity contribution is 9.10. The highest BCUT2D eigenvalue weighted by atomic mass is 79.9. The standard InChI is InChI=1S/C15H11BrFNO2/c16-12-8-10(17)4-5-11(12)15(19)20-13-6-3-9-2-1-7-18-14(9)13/h1-2,4-5,7-8,13H,3,6H2. The van der Waals surface area contributed by atoms with E-state index >= 15 is 0 Å². The van der Waals surface area contributed by atoms with Gasteiger partial charge in [0.15, 0.2) is 0 Å². The quantitative estimate of drug-likeness (QED) is 0.783. The Morgan fingerprint density at radius 2 is 2.25 bits per heavy atom. The molecule has 3 rings (SSSR count). The van der Waals surface area contributed by atoms with Crippen molar-refractivity contribution < 1.29 is 13.9 Å². The van der Waals surface area contributed by atoms with Crippen LogP contribution in [0.15, 0.2) is 41.0 Å². The Morgan fingerprint density at radius 3 is 3.05 bits per heavy atom. The average Bonchev–Trinajstić information content (AvgIpc) is 2.82. The second-order valence-electron chi connectivity index (χ2n) is 4.60. The summed E-state index contributed by atoms with van der Waals surface area (Å²) in [5, 5.41) is 0. The van der Waals surface area contributed by atoms with E-state index in [-0.39, 0.29) is 6.10 Å². The van der Waals surface area contributed by atoms with Gasteiger partial charge in [0.05, 0.1) is 11.3 Å². The molecule has 0 saturated carbocycles. The lowest BCUT2D eigenvalue weighted by Gasteiger charge is -2.13. The summed E-state index contributed by atoms with van der Waals surface area (Å²) in [4.78, 5) is 16.4. The third kappa shape index (κ3) is 2.45. The van der Waals surface area contributed by atoms with Crippen LogP contribution in [0, 0.1) is 5.82 Å². The molecule has 1 aliphatic carbocycles. The first-order chi connectivity index (χ1) is 9.65. The van der Waals surface area contributed by atoms with Crippen molar-refractivity contribution in [1.29, 1.82) is 0 Å². The summed E-state index contributed by atoms with van der Waals surface area (Å²) in [6.07, 6.45) is 2.96. The number of aryl methyl sites for hydroxylation is 1. The molecule has 0 N–H and O–H groups in total. The van der Waals surface area contributed by atoms with E-state index in [1.807, 2.05) is 12.1 Å². The molecular formula is C15H11BrFNO2. The summed E-state index contributed by atoms with van der Waals surface area (Å²) in [7, 11) is 0. The molecule has 1 atom stereocenters. The number of hydrogen-bond acceptors (Lipinski definition) is 3. The van der Waals surface area contributed by atoms with Crippen LogP contribution in [0.3, 0.4) is 0 Å². The monoisotopic (exact) mass is 335 g/mol. The molecule has 1 aromatic heterocycles. The van der Waals surface area contributed by atoms with Crippen LogP contribution in [0.5, 0.6) is 0 Å². The number of carbonyl (C=O) groups excluding carboxylic acids is 1. The van der Waals surface area contributed by atoms with Crippen molar-refractivity contribution in [2.45, 2.75) is 18.9 Å². The number of nitrogens with zero attached hydrogens (tertiary/aromatic N) is 1. The van der Waals surface area contributed by atoms with E-state index < -0.39 is 11.8 Å². The van der Waals surface area contributed by atoms with Crippen molar-refractivity contribution in [2.24, 2.45) is 0 Å². The Hall–Kier alpha value is -1.75. The molecule has 1 aromatic carbocycles. The third-order valence-corrected chi connectivity index (χ3v) is 3.96. The summed E-state index contributed by atoms with van der Waals surface area (Å²) in [6, 6.07) is 7.76. The van der Waals surface area contributed by atoms with Gasteiger partial charge >= 0.3 is 5.97 Å². The number of hydrogen-bond donors (Lipinski definition) is 0. The molecule has 0 fully saturated rings. The molecule has 2 aromatic rings. The van der Waals surface area contributed by atoms with Crippen LogP contribution in [-0.4, -0.2) is 11.0 Å². The van der Waals surface area contributed by atoms with Gasteiger partial charge in [0.2, 0.25) is 0 Å². The maximum absolute atomic E-state index is 13.0. The molecule has 1 aliphatic rings. The van der Waals surface area contributed by atoms with Gasteiger partial charge in [-0.2, -0.15) is 0 Å². The van der Waals surface area contributed by atoms with E-state index in [1.54, 1.807) is 6.20 Å². The van der Waals surface area contributed by atoms with Crippen molar-refractivity contribution in [3.8, 4) is 0 Å². The Kier molecular flexibility index (Phi) is 3.53. The molecule has 0 amide bonds. The van der Waals surface area contributed by atoms with Gasteiger partial charge in [-0.25, -0.2) is 9.18 Å². The number of fused-ring (bicyclic) bond motifs is 1. The minimum Gasteiger partial charge on any atom is -0.452 e. The largest absolute Gasteiger partial charge is 0.452 e. The first kappa shape index (κ1) is 13.2. The molecule has 5 heteroatoms. The van der Waals surface area contributed by atoms with Crippen LogP contribution < -0.4 is 0 Å². The third-order valence-electron chi connectivity index (χ3n) is 3.31. The molecule has 1 heterocycles. The number of benzene rings is 1. The van der Waals surface area contributed by atoms with E-state index in [0.29, 0.717) is 10.0 Å². The van der Waals surface area contributed by atoms with Gasteiger partial charge < -0.3 is 4.74 Å². The SMILES string of the molecule is O=C(OC1CCc2cccnc21)c1ccc(F)cc1Br. The van der Waals surface area contributed by atoms with Crippen LogP contribution >= 0.6 is 15.9 Å². The summed E-state index contributed by atoms with van der Waals surface area (Å²) in [5.41, 5.74) is 2.25. The first-order valence-electron chi connectivity index (χ1n) is 6.25. The fourth-order valence-corrected chi connectivity index (χ4v) is 2.85. The van der Waals surface area contributed by atoms with Gasteiger partial charge in [-0.05, 0) is 58.6 Å². The molecule has 102 valence electrons. The highest BCUT2D eigenvalue weighted by Gasteiger charge is 2.27. The zero-order valence-electron chi connectivity index (χ0n) is 10.5. The lowest BCUT2D eigenvalue weighted by Crippen LogP contribution is -2.11. The Labute approximate surface area is 123 Å². The lowest BCUT2D eigenvalue weighted by atomic mass is 10.2. The Balaban J connectivity index is 1.81. The molecular weight excluding hydrogens is 325 g/mol. The molecule has 0 aliphatic heterocycles. The predicted molar refractivity (Wildman–Crippen MR) is 74.8 cm³/mol. The van der Waals surface area contributed by atoms with Crippen molar-refractivity contribution in [1.82, 2.24) is 4.98 Å². The van der Waals surface area contributed by atoms with E-state index in [9.17, 15) is 9.18 Å². The molecule has 0 bridgehead atoms. The molecule has 3 nitrogen and oxygen atoms in total. The van der Waals surface area contributed by atoms with Crippen LogP contribution in [0.4, 0.5) is 4.39 Å². The summed E-state index contributed by atoms with van der Waals surface area (Å²) < 4.78 is 18.9. The van der Waals surface area contributed by atoms with Gasteiger partial charge in [0.25, 0.3) is 0 Å². The molecule has 20 heavy (non-hydrogen) atoms. The molecule has 0 saturated heterocycles. The Bertz CT molecular complexity index is 675. The van der Waals surface area contributed by atoms with E-state index in [2.05, 4.69) is 20.9 Å². The fourth-order valence-electron chi connectivity index (χ4n) is 2.34. The maximum Gasteiger partial charge on any atom is 0.339 e. The lowest BCUT2D eigenvalue weighted by molar-refractivity contribution is 0.0291. The van der Waals surface area contributed by atoms with Crippen molar-refractivity contribution >= 4 is 21.9 Å². The minimum atomic E-state index is -0.472. The normalized spacial score (nSPS) is 16.8. The zero-order chi connectivity index (χ0) is 14.1. The van der Waals surface area contributed by atoms with Gasteiger partial charge in [-0.15, -0.1) is 0 Å². The molecule has 0 spiro atoms. The number of halogens is 2. The smallest absolute Gasteiger partial charge is 0.339 e. The van der Waals surface area contributed by atoms with Gasteiger partial charge in [0.1, 0.15) is 11.9 Å². The number of aromatic nitrogens is 1. The van der Waals surface area contributed by atoms with E-state index in [4.69, 9.17) is 4.74 Å². The van der Waals surface area contributed by atoms with Crippen LogP contribution in [0.2, 0.25) is 0 Å². The van der Waals surface area contributed by atoms with Crippen LogP contribution in [0.25, 0.3) is 0 Å². The van der Waals surface area contributed by atoms with Crippen LogP contribution in [0.1, 0.15) is 34.1 Å². The van der Waals surface area contributed by atoms with E-state index in [0.717, 1.165) is 24.1 Å². The van der Waals surface area contributed by atoms with Gasteiger partial charge in [0, 0.05) is 10.7 Å². The van der Waals surface area contributed by atoms with Crippen molar-refractivity contribution in [3.63, 3.8) is 0 Å². The summed E-state index contributed by atoms with van der Waals surface area (Å²) >= 11 is 3.17. The number of pyridine rings is 1. The first-order valence-corrected chi connectivity index (χ1v) is 7.04. The number of rotatable bonds is 2. The van der Waals surface area contributed by atoms with Crippen molar-refractivity contribution in [2.75, 3.05) is 0 Å². The minimum absolute atomic E-state index is 0.316. The number of carbonyl (C=O) groups is 1. The number of ether oxygens (including phenoxy) is 1. The van der Waals surface area contributed by atoms with Crippen molar-refractivity contribution in [3.05, 3.63) is 63.6 Å². The summed E-state index contributed by atoms with van der Waals surface area (Å²) in [6.45, 7) is 0. The summed E-state index contributed by atoms with van der Waals surface area (Å²) in [5.74, 6) is -0.873. The van der Waals surface area contributed by atoms with Gasteiger partial charge in [-0.3, -0.25) is 4.98 Å². The predicted octanol–water partition coefficient (Wildman–Crippen LogP) is 3.83.